The Morgan fingerprint density at radius 2 is 2.42 bits per heavy atom. The molecule has 1 amide bonds. The third-order valence-electron chi connectivity index (χ3n) is 1.32. The standard InChI is InChI=1S/C9H17NO2/c1-3-6-9(11)10-7-5-8-12-4-2/h3H,1,4-8H2,2H3,(H,10,11). The molecule has 70 valence electrons. The van der Waals surface area contributed by atoms with Gasteiger partial charge in [0.25, 0.3) is 0 Å². The molecular weight excluding hydrogens is 154 g/mol. The molecule has 0 atom stereocenters. The van der Waals surface area contributed by atoms with Gasteiger partial charge in [0.05, 0.1) is 0 Å². The molecule has 3 heteroatoms. The number of hydrogen-bond acceptors (Lipinski definition) is 2. The van der Waals surface area contributed by atoms with Crippen molar-refractivity contribution in [2.24, 2.45) is 0 Å². The number of nitrogens with one attached hydrogen (secondary N) is 1. The van der Waals surface area contributed by atoms with E-state index in [1.165, 1.54) is 0 Å². The van der Waals surface area contributed by atoms with Gasteiger partial charge in [-0.3, -0.25) is 4.79 Å². The summed E-state index contributed by atoms with van der Waals surface area (Å²) in [5.41, 5.74) is 0. The third kappa shape index (κ3) is 7.28. The molecule has 0 radical (unpaired) electrons. The van der Waals surface area contributed by atoms with Crippen LogP contribution in [0.2, 0.25) is 0 Å². The van der Waals surface area contributed by atoms with Crippen LogP contribution in [0.5, 0.6) is 0 Å². The topological polar surface area (TPSA) is 38.3 Å². The molecule has 0 aliphatic rings. The molecule has 0 aromatic carbocycles. The fourth-order valence-corrected chi connectivity index (χ4v) is 0.750. The first-order valence-corrected chi connectivity index (χ1v) is 4.26. The van der Waals surface area contributed by atoms with Gasteiger partial charge < -0.3 is 10.1 Å². The average molecular weight is 171 g/mol. The van der Waals surface area contributed by atoms with Crippen LogP contribution < -0.4 is 5.32 Å². The Balaban J connectivity index is 3.08. The molecule has 0 rings (SSSR count). The molecule has 0 saturated carbocycles. The zero-order valence-corrected chi connectivity index (χ0v) is 7.64. The molecule has 0 heterocycles. The second-order valence-corrected chi connectivity index (χ2v) is 2.39. The first-order valence-electron chi connectivity index (χ1n) is 4.26. The van der Waals surface area contributed by atoms with Crippen LogP contribution in [0.15, 0.2) is 12.7 Å². The zero-order valence-electron chi connectivity index (χ0n) is 7.64. The van der Waals surface area contributed by atoms with Gasteiger partial charge in [-0.25, -0.2) is 0 Å². The van der Waals surface area contributed by atoms with E-state index in [-0.39, 0.29) is 5.91 Å². The minimum Gasteiger partial charge on any atom is -0.382 e. The van der Waals surface area contributed by atoms with E-state index in [0.29, 0.717) is 19.6 Å². The van der Waals surface area contributed by atoms with Crippen molar-refractivity contribution in [2.75, 3.05) is 19.8 Å². The van der Waals surface area contributed by atoms with Crippen LogP contribution >= 0.6 is 0 Å². The van der Waals surface area contributed by atoms with Crippen molar-refractivity contribution in [2.45, 2.75) is 19.8 Å². The highest BCUT2D eigenvalue weighted by molar-refractivity contribution is 5.77. The smallest absolute Gasteiger partial charge is 0.223 e. The Morgan fingerprint density at radius 3 is 3.00 bits per heavy atom. The zero-order chi connectivity index (χ0) is 9.23. The molecule has 1 N–H and O–H groups in total. The number of rotatable bonds is 7. The quantitative estimate of drug-likeness (QED) is 0.460. The lowest BCUT2D eigenvalue weighted by atomic mass is 10.4. The molecule has 0 spiro atoms. The van der Waals surface area contributed by atoms with Crippen LogP contribution in [0.3, 0.4) is 0 Å². The molecule has 0 bridgehead atoms. The summed E-state index contributed by atoms with van der Waals surface area (Å²) in [4.78, 5) is 10.9. The second kappa shape index (κ2) is 8.27. The van der Waals surface area contributed by atoms with Crippen molar-refractivity contribution >= 4 is 5.91 Å². The third-order valence-corrected chi connectivity index (χ3v) is 1.32. The Hall–Kier alpha value is -0.830. The van der Waals surface area contributed by atoms with Gasteiger partial charge in [0.15, 0.2) is 0 Å². The lowest BCUT2D eigenvalue weighted by molar-refractivity contribution is -0.120. The number of carbonyl (C=O) groups excluding carboxylic acids is 1. The summed E-state index contributed by atoms with van der Waals surface area (Å²) in [5, 5.41) is 2.75. The predicted octanol–water partition coefficient (Wildman–Crippen LogP) is 1.11. The summed E-state index contributed by atoms with van der Waals surface area (Å²) in [6.45, 7) is 7.56. The van der Waals surface area contributed by atoms with Crippen molar-refractivity contribution < 1.29 is 9.53 Å². The summed E-state index contributed by atoms with van der Waals surface area (Å²) < 4.78 is 5.10. The fraction of sp³-hybridized carbons (Fsp3) is 0.667. The summed E-state index contributed by atoms with van der Waals surface area (Å²) >= 11 is 0. The molecule has 0 saturated heterocycles. The molecule has 0 aromatic heterocycles. The van der Waals surface area contributed by atoms with Crippen LogP contribution in [-0.4, -0.2) is 25.7 Å². The van der Waals surface area contributed by atoms with Crippen molar-refractivity contribution in [1.29, 1.82) is 0 Å². The van der Waals surface area contributed by atoms with Crippen molar-refractivity contribution in [1.82, 2.24) is 5.32 Å². The molecule has 12 heavy (non-hydrogen) atoms. The Labute approximate surface area is 73.8 Å². The van der Waals surface area contributed by atoms with Crippen LogP contribution in [0.4, 0.5) is 0 Å². The summed E-state index contributed by atoms with van der Waals surface area (Å²) in [6, 6.07) is 0. The molecule has 0 aliphatic carbocycles. The highest BCUT2D eigenvalue weighted by Gasteiger charge is 1.95. The van der Waals surface area contributed by atoms with Crippen LogP contribution in [-0.2, 0) is 9.53 Å². The largest absolute Gasteiger partial charge is 0.382 e. The predicted molar refractivity (Wildman–Crippen MR) is 48.9 cm³/mol. The maximum atomic E-state index is 10.9. The van der Waals surface area contributed by atoms with E-state index in [9.17, 15) is 4.79 Å². The maximum absolute atomic E-state index is 10.9. The first-order chi connectivity index (χ1) is 5.81. The Morgan fingerprint density at radius 1 is 1.67 bits per heavy atom. The lowest BCUT2D eigenvalue weighted by Crippen LogP contribution is -2.24. The van der Waals surface area contributed by atoms with Gasteiger partial charge in [-0.1, -0.05) is 6.08 Å². The number of hydrogen-bond donors (Lipinski definition) is 1. The molecule has 0 aliphatic heterocycles. The average Bonchev–Trinajstić information content (AvgIpc) is 2.05. The summed E-state index contributed by atoms with van der Waals surface area (Å²) in [7, 11) is 0. The minimum atomic E-state index is 0.0292. The van der Waals surface area contributed by atoms with Gasteiger partial charge in [0, 0.05) is 26.2 Å². The van der Waals surface area contributed by atoms with Crippen molar-refractivity contribution in [3.8, 4) is 0 Å². The van der Waals surface area contributed by atoms with E-state index < -0.39 is 0 Å². The van der Waals surface area contributed by atoms with Crippen LogP contribution in [0.1, 0.15) is 19.8 Å². The van der Waals surface area contributed by atoms with Crippen molar-refractivity contribution in [3.63, 3.8) is 0 Å². The fourth-order valence-electron chi connectivity index (χ4n) is 0.750. The van der Waals surface area contributed by atoms with Crippen LogP contribution in [0, 0.1) is 0 Å². The Bertz CT molecular complexity index is 134. The molecular formula is C9H17NO2. The molecule has 0 fully saturated rings. The van der Waals surface area contributed by atoms with Gasteiger partial charge in [-0.2, -0.15) is 0 Å². The van der Waals surface area contributed by atoms with E-state index in [4.69, 9.17) is 4.74 Å². The second-order valence-electron chi connectivity index (χ2n) is 2.39. The van der Waals surface area contributed by atoms with E-state index in [0.717, 1.165) is 13.0 Å². The highest BCUT2D eigenvalue weighted by Crippen LogP contribution is 1.83. The normalized spacial score (nSPS) is 9.42. The number of carbonyl (C=O) groups is 1. The monoisotopic (exact) mass is 171 g/mol. The van der Waals surface area contributed by atoms with Gasteiger partial charge >= 0.3 is 0 Å². The van der Waals surface area contributed by atoms with Gasteiger partial charge in [-0.15, -0.1) is 6.58 Å². The first kappa shape index (κ1) is 11.2. The van der Waals surface area contributed by atoms with E-state index in [1.54, 1.807) is 6.08 Å². The van der Waals surface area contributed by atoms with Gasteiger partial charge in [-0.05, 0) is 13.3 Å². The van der Waals surface area contributed by atoms with Crippen molar-refractivity contribution in [3.05, 3.63) is 12.7 Å². The van der Waals surface area contributed by atoms with E-state index in [2.05, 4.69) is 11.9 Å². The molecule has 3 nitrogen and oxygen atoms in total. The van der Waals surface area contributed by atoms with Crippen LogP contribution in [0.25, 0.3) is 0 Å². The lowest BCUT2D eigenvalue weighted by Gasteiger charge is -2.02. The maximum Gasteiger partial charge on any atom is 0.223 e. The Kier molecular flexibility index (Phi) is 7.70. The van der Waals surface area contributed by atoms with E-state index >= 15 is 0 Å². The SMILES string of the molecule is C=CCC(=O)NCCCOCC. The van der Waals surface area contributed by atoms with Gasteiger partial charge in [0.1, 0.15) is 0 Å². The number of amides is 1. The molecule has 0 unspecified atom stereocenters. The molecule has 0 aromatic rings. The number of ether oxygens (including phenoxy) is 1. The van der Waals surface area contributed by atoms with Gasteiger partial charge in [0.2, 0.25) is 5.91 Å². The minimum absolute atomic E-state index is 0.0292. The highest BCUT2D eigenvalue weighted by atomic mass is 16.5. The van der Waals surface area contributed by atoms with E-state index in [1.807, 2.05) is 6.92 Å². The summed E-state index contributed by atoms with van der Waals surface area (Å²) in [6.07, 6.45) is 2.86. The summed E-state index contributed by atoms with van der Waals surface area (Å²) in [5.74, 6) is 0.0292.